The molecule has 0 aromatic heterocycles. The van der Waals surface area contributed by atoms with E-state index in [-0.39, 0.29) is 11.3 Å². The van der Waals surface area contributed by atoms with E-state index in [1.807, 2.05) is 0 Å². The molecular weight excluding hydrogens is 445 g/mol. The Kier molecular flexibility index (Phi) is 9.19. The summed E-state index contributed by atoms with van der Waals surface area (Å²) in [7, 11) is 0. The number of alkyl halides is 3. The molecule has 0 heterocycles. The lowest BCUT2D eigenvalue weighted by Gasteiger charge is -2.17. The van der Waals surface area contributed by atoms with E-state index in [2.05, 4.69) is 10.9 Å². The molecule has 0 aliphatic heterocycles. The fraction of sp³-hybridized carbons (Fsp3) is 0.364. The van der Waals surface area contributed by atoms with Gasteiger partial charge in [-0.15, -0.1) is 0 Å². The molecule has 0 bridgehead atoms. The Bertz CT molecular complexity index is 938. The third-order valence-electron chi connectivity index (χ3n) is 4.02. The predicted octanol–water partition coefficient (Wildman–Crippen LogP) is 3.74. The van der Waals surface area contributed by atoms with Gasteiger partial charge in [0.15, 0.2) is 18.1 Å². The number of hydrazine groups is 1. The molecule has 2 aromatic rings. The van der Waals surface area contributed by atoms with Crippen molar-refractivity contribution in [3.63, 3.8) is 0 Å². The number of halogens is 3. The van der Waals surface area contributed by atoms with E-state index < -0.39 is 30.2 Å². The number of nitrogens with one attached hydrogen (secondary N) is 2. The minimum atomic E-state index is -4.53. The van der Waals surface area contributed by atoms with Crippen LogP contribution in [0.4, 0.5) is 13.2 Å². The molecule has 2 amide bonds. The lowest BCUT2D eigenvalue weighted by Crippen LogP contribution is -2.43. The Morgan fingerprint density at radius 3 is 2.00 bits per heavy atom. The van der Waals surface area contributed by atoms with Crippen molar-refractivity contribution < 1.29 is 41.7 Å². The molecule has 0 spiro atoms. The summed E-state index contributed by atoms with van der Waals surface area (Å²) in [4.78, 5) is 24.5. The lowest BCUT2D eigenvalue weighted by atomic mass is 10.1. The van der Waals surface area contributed by atoms with E-state index >= 15 is 0 Å². The number of hydrogen-bond acceptors (Lipinski definition) is 6. The summed E-state index contributed by atoms with van der Waals surface area (Å²) in [5.41, 5.74) is 3.58. The van der Waals surface area contributed by atoms with Crippen molar-refractivity contribution in [1.29, 1.82) is 0 Å². The van der Waals surface area contributed by atoms with Crippen LogP contribution in [-0.4, -0.2) is 38.2 Å². The SMILES string of the molecule is CCOc1cc(C(=O)NNC(=O)COc2cccc(C(F)(F)F)c2)cc(OCC)c1OCC. The summed E-state index contributed by atoms with van der Waals surface area (Å²) in [6.07, 6.45) is -4.53. The van der Waals surface area contributed by atoms with Gasteiger partial charge < -0.3 is 18.9 Å². The van der Waals surface area contributed by atoms with Gasteiger partial charge in [0.25, 0.3) is 11.8 Å². The topological polar surface area (TPSA) is 95.1 Å². The van der Waals surface area contributed by atoms with Crippen molar-refractivity contribution in [3.8, 4) is 23.0 Å². The molecule has 0 unspecified atom stereocenters. The van der Waals surface area contributed by atoms with E-state index in [9.17, 15) is 22.8 Å². The highest BCUT2D eigenvalue weighted by molar-refractivity contribution is 5.96. The fourth-order valence-electron chi connectivity index (χ4n) is 2.67. The second-order valence-corrected chi connectivity index (χ2v) is 6.42. The van der Waals surface area contributed by atoms with Gasteiger partial charge in [-0.1, -0.05) is 6.07 Å². The molecule has 2 N–H and O–H groups in total. The first-order valence-electron chi connectivity index (χ1n) is 10.1. The number of benzene rings is 2. The van der Waals surface area contributed by atoms with E-state index in [1.54, 1.807) is 20.8 Å². The first-order valence-corrected chi connectivity index (χ1v) is 10.1. The Morgan fingerprint density at radius 1 is 0.848 bits per heavy atom. The maximum atomic E-state index is 12.8. The Hall–Kier alpha value is -3.63. The average molecular weight is 470 g/mol. The Labute approximate surface area is 188 Å². The van der Waals surface area contributed by atoms with Gasteiger partial charge in [-0.3, -0.25) is 20.4 Å². The summed E-state index contributed by atoms with van der Waals surface area (Å²) >= 11 is 0. The quantitative estimate of drug-likeness (QED) is 0.514. The highest BCUT2D eigenvalue weighted by atomic mass is 19.4. The maximum Gasteiger partial charge on any atom is 0.416 e. The number of rotatable bonds is 10. The van der Waals surface area contributed by atoms with Gasteiger partial charge in [-0.05, 0) is 51.1 Å². The van der Waals surface area contributed by atoms with E-state index in [0.29, 0.717) is 37.1 Å². The standard InChI is InChI=1S/C22H25F3N2O6/c1-4-30-17-10-14(11-18(31-5-2)20(17)32-6-3)21(29)27-26-19(28)13-33-16-9-7-8-15(12-16)22(23,24)25/h7-12H,4-6,13H2,1-3H3,(H,26,28)(H,27,29). The van der Waals surface area contributed by atoms with Crippen LogP contribution in [0.5, 0.6) is 23.0 Å². The zero-order valence-electron chi connectivity index (χ0n) is 18.4. The number of carbonyl (C=O) groups is 2. The third-order valence-corrected chi connectivity index (χ3v) is 4.02. The van der Waals surface area contributed by atoms with Crippen LogP contribution in [0.1, 0.15) is 36.7 Å². The van der Waals surface area contributed by atoms with Crippen molar-refractivity contribution in [1.82, 2.24) is 10.9 Å². The van der Waals surface area contributed by atoms with Crippen molar-refractivity contribution in [2.45, 2.75) is 26.9 Å². The van der Waals surface area contributed by atoms with E-state index in [4.69, 9.17) is 18.9 Å². The fourth-order valence-corrected chi connectivity index (χ4v) is 2.67. The first-order chi connectivity index (χ1) is 15.7. The maximum absolute atomic E-state index is 12.8. The van der Waals surface area contributed by atoms with Gasteiger partial charge in [0, 0.05) is 5.56 Å². The van der Waals surface area contributed by atoms with Gasteiger partial charge in [0.1, 0.15) is 5.75 Å². The smallest absolute Gasteiger partial charge is 0.416 e. The molecule has 0 saturated carbocycles. The zero-order valence-corrected chi connectivity index (χ0v) is 18.4. The van der Waals surface area contributed by atoms with Crippen LogP contribution >= 0.6 is 0 Å². The normalized spacial score (nSPS) is 10.8. The van der Waals surface area contributed by atoms with Crippen molar-refractivity contribution in [2.24, 2.45) is 0 Å². The second-order valence-electron chi connectivity index (χ2n) is 6.42. The lowest BCUT2D eigenvalue weighted by molar-refractivity contribution is -0.137. The Balaban J connectivity index is 2.02. The molecule has 33 heavy (non-hydrogen) atoms. The van der Waals surface area contributed by atoms with E-state index in [1.165, 1.54) is 18.2 Å². The molecule has 2 rings (SSSR count). The summed E-state index contributed by atoms with van der Waals surface area (Å²) in [6.45, 7) is 5.72. The number of amides is 2. The van der Waals surface area contributed by atoms with E-state index in [0.717, 1.165) is 18.2 Å². The molecule has 11 heteroatoms. The van der Waals surface area contributed by atoms with Gasteiger partial charge in [0.05, 0.1) is 25.4 Å². The van der Waals surface area contributed by atoms with Crippen LogP contribution in [0.2, 0.25) is 0 Å². The number of ether oxygens (including phenoxy) is 4. The van der Waals surface area contributed by atoms with Gasteiger partial charge in [-0.25, -0.2) is 0 Å². The highest BCUT2D eigenvalue weighted by Crippen LogP contribution is 2.39. The molecular formula is C22H25F3N2O6. The first kappa shape index (κ1) is 25.6. The van der Waals surface area contributed by atoms with Crippen molar-refractivity contribution >= 4 is 11.8 Å². The molecule has 8 nitrogen and oxygen atoms in total. The van der Waals surface area contributed by atoms with Crippen LogP contribution in [0, 0.1) is 0 Å². The Morgan fingerprint density at radius 2 is 1.45 bits per heavy atom. The van der Waals surface area contributed by atoms with Gasteiger partial charge in [-0.2, -0.15) is 13.2 Å². The van der Waals surface area contributed by atoms with Crippen LogP contribution in [-0.2, 0) is 11.0 Å². The van der Waals surface area contributed by atoms with Gasteiger partial charge >= 0.3 is 6.18 Å². The van der Waals surface area contributed by atoms with Gasteiger partial charge in [0.2, 0.25) is 5.75 Å². The molecule has 0 aliphatic carbocycles. The predicted molar refractivity (Wildman–Crippen MR) is 112 cm³/mol. The highest BCUT2D eigenvalue weighted by Gasteiger charge is 2.30. The largest absolute Gasteiger partial charge is 0.490 e. The summed E-state index contributed by atoms with van der Waals surface area (Å²) in [5.74, 6) is -0.629. The summed E-state index contributed by atoms with van der Waals surface area (Å²) in [6, 6.07) is 6.99. The minimum absolute atomic E-state index is 0.129. The monoisotopic (exact) mass is 470 g/mol. The molecule has 0 radical (unpaired) electrons. The second kappa shape index (κ2) is 11.8. The van der Waals surface area contributed by atoms with Crippen LogP contribution in [0.25, 0.3) is 0 Å². The molecule has 180 valence electrons. The average Bonchev–Trinajstić information content (AvgIpc) is 2.78. The summed E-state index contributed by atoms with van der Waals surface area (Å²) in [5, 5.41) is 0. The number of hydrogen-bond donors (Lipinski definition) is 2. The van der Waals surface area contributed by atoms with Crippen LogP contribution in [0.15, 0.2) is 36.4 Å². The third kappa shape index (κ3) is 7.48. The summed E-state index contributed by atoms with van der Waals surface area (Å²) < 4.78 is 60.0. The molecule has 2 aromatic carbocycles. The zero-order chi connectivity index (χ0) is 24.4. The molecule has 0 saturated heterocycles. The van der Waals surface area contributed by atoms with Crippen LogP contribution in [0.3, 0.4) is 0 Å². The van der Waals surface area contributed by atoms with Crippen LogP contribution < -0.4 is 29.8 Å². The van der Waals surface area contributed by atoms with Crippen molar-refractivity contribution in [2.75, 3.05) is 26.4 Å². The minimum Gasteiger partial charge on any atom is -0.490 e. The molecule has 0 fully saturated rings. The number of carbonyl (C=O) groups excluding carboxylic acids is 2. The molecule has 0 aliphatic rings. The van der Waals surface area contributed by atoms with Crippen molar-refractivity contribution in [3.05, 3.63) is 47.5 Å². The molecule has 0 atom stereocenters.